The molecule has 17 heavy (non-hydrogen) atoms. The number of rotatable bonds is 6. The molecular weight excluding hydrogens is 250 g/mol. The van der Waals surface area contributed by atoms with Gasteiger partial charge in [-0.1, -0.05) is 6.92 Å². The van der Waals surface area contributed by atoms with Crippen LogP contribution in [0.1, 0.15) is 25.5 Å². The lowest BCUT2D eigenvalue weighted by Crippen LogP contribution is -2.31. The van der Waals surface area contributed by atoms with Crippen molar-refractivity contribution < 1.29 is 0 Å². The summed E-state index contributed by atoms with van der Waals surface area (Å²) in [4.78, 5) is 7.05. The van der Waals surface area contributed by atoms with Crippen molar-refractivity contribution in [2.75, 3.05) is 30.0 Å². The van der Waals surface area contributed by atoms with Gasteiger partial charge in [-0.3, -0.25) is 0 Å². The maximum atomic E-state index is 4.70. The zero-order valence-electron chi connectivity index (χ0n) is 10.6. The van der Waals surface area contributed by atoms with E-state index in [4.69, 9.17) is 4.98 Å². The number of hydrogen-bond acceptors (Lipinski definition) is 5. The predicted molar refractivity (Wildman–Crippen MR) is 78.2 cm³/mol. The first-order chi connectivity index (χ1) is 8.31. The van der Waals surface area contributed by atoms with E-state index < -0.39 is 0 Å². The molecule has 0 radical (unpaired) electrons. The third kappa shape index (κ3) is 3.60. The van der Waals surface area contributed by atoms with Gasteiger partial charge in [-0.15, -0.1) is 11.3 Å². The van der Waals surface area contributed by atoms with Crippen LogP contribution in [0.5, 0.6) is 0 Å². The average Bonchev–Trinajstić information content (AvgIpc) is 3.00. The summed E-state index contributed by atoms with van der Waals surface area (Å²) in [7, 11) is 2.18. The summed E-state index contributed by atoms with van der Waals surface area (Å²) in [6.07, 6.45) is 2.47. The smallest absolute Gasteiger partial charge is 0.185 e. The first-order valence-corrected chi connectivity index (χ1v) is 8.30. The van der Waals surface area contributed by atoms with Crippen molar-refractivity contribution in [1.29, 1.82) is 0 Å². The minimum atomic E-state index is 0.683. The van der Waals surface area contributed by atoms with Gasteiger partial charge in [-0.25, -0.2) is 4.98 Å². The highest BCUT2D eigenvalue weighted by Gasteiger charge is 2.22. The highest BCUT2D eigenvalue weighted by atomic mass is 32.2. The fraction of sp³-hybridized carbons (Fsp3) is 0.750. The minimum absolute atomic E-state index is 0.683. The molecule has 2 heterocycles. The first kappa shape index (κ1) is 13.2. The standard InChI is InChI=1S/C12H21N3S2/c1-3-5-13-7-10-8-17-12(14-10)15(2)11-4-6-16-9-11/h8,11,13H,3-7,9H2,1-2H3. The maximum absolute atomic E-state index is 4.70. The van der Waals surface area contributed by atoms with E-state index in [1.807, 2.05) is 0 Å². The third-order valence-electron chi connectivity index (χ3n) is 3.03. The van der Waals surface area contributed by atoms with Gasteiger partial charge < -0.3 is 10.2 Å². The maximum Gasteiger partial charge on any atom is 0.185 e. The number of hydrogen-bond donors (Lipinski definition) is 1. The Bertz CT molecular complexity index is 334. The Hall–Kier alpha value is -0.260. The summed E-state index contributed by atoms with van der Waals surface area (Å²) < 4.78 is 0. The van der Waals surface area contributed by atoms with Crippen LogP contribution in [0.2, 0.25) is 0 Å². The Kier molecular flexibility index (Phi) is 5.13. The van der Waals surface area contributed by atoms with Crippen LogP contribution in [0.15, 0.2) is 5.38 Å². The Morgan fingerprint density at radius 2 is 2.47 bits per heavy atom. The molecule has 1 unspecified atom stereocenters. The quantitative estimate of drug-likeness (QED) is 0.805. The van der Waals surface area contributed by atoms with Crippen molar-refractivity contribution in [3.05, 3.63) is 11.1 Å². The first-order valence-electron chi connectivity index (χ1n) is 6.27. The van der Waals surface area contributed by atoms with Crippen LogP contribution < -0.4 is 10.2 Å². The summed E-state index contributed by atoms with van der Waals surface area (Å²) in [6, 6.07) is 0.683. The van der Waals surface area contributed by atoms with E-state index in [2.05, 4.69) is 41.3 Å². The largest absolute Gasteiger partial charge is 0.347 e. The summed E-state index contributed by atoms with van der Waals surface area (Å²) >= 11 is 3.82. The third-order valence-corrected chi connectivity index (χ3v) is 5.15. The molecule has 5 heteroatoms. The summed E-state index contributed by atoms with van der Waals surface area (Å²) in [6.45, 7) is 4.16. The minimum Gasteiger partial charge on any atom is -0.347 e. The number of nitrogens with one attached hydrogen (secondary N) is 1. The molecule has 1 aromatic rings. The van der Waals surface area contributed by atoms with Gasteiger partial charge in [0, 0.05) is 30.8 Å². The molecular formula is C12H21N3S2. The van der Waals surface area contributed by atoms with Crippen LogP contribution in [-0.4, -0.2) is 36.1 Å². The molecule has 0 bridgehead atoms. The van der Waals surface area contributed by atoms with Gasteiger partial charge in [0.1, 0.15) is 0 Å². The topological polar surface area (TPSA) is 28.2 Å². The molecule has 3 nitrogen and oxygen atoms in total. The number of anilines is 1. The van der Waals surface area contributed by atoms with Crippen molar-refractivity contribution in [3.63, 3.8) is 0 Å². The van der Waals surface area contributed by atoms with Gasteiger partial charge in [-0.05, 0) is 25.1 Å². The molecule has 0 saturated carbocycles. The zero-order chi connectivity index (χ0) is 12.1. The molecule has 1 aromatic heterocycles. The Morgan fingerprint density at radius 3 is 3.18 bits per heavy atom. The predicted octanol–water partition coefficient (Wildman–Crippen LogP) is 2.58. The Balaban J connectivity index is 1.88. The van der Waals surface area contributed by atoms with E-state index in [9.17, 15) is 0 Å². The lowest BCUT2D eigenvalue weighted by molar-refractivity contribution is 0.662. The molecule has 1 atom stereocenters. The fourth-order valence-corrected chi connectivity index (χ4v) is 4.05. The van der Waals surface area contributed by atoms with Gasteiger partial charge in [0.25, 0.3) is 0 Å². The second-order valence-corrected chi connectivity index (χ2v) is 6.41. The van der Waals surface area contributed by atoms with E-state index >= 15 is 0 Å². The molecule has 1 N–H and O–H groups in total. The van der Waals surface area contributed by atoms with Gasteiger partial charge in [-0.2, -0.15) is 11.8 Å². The second kappa shape index (κ2) is 6.61. The van der Waals surface area contributed by atoms with Crippen LogP contribution >= 0.6 is 23.1 Å². The molecule has 0 amide bonds. The van der Waals surface area contributed by atoms with Crippen molar-refractivity contribution >= 4 is 28.2 Å². The zero-order valence-corrected chi connectivity index (χ0v) is 12.2. The highest BCUT2D eigenvalue weighted by Crippen LogP contribution is 2.27. The molecule has 1 aliphatic heterocycles. The number of nitrogens with zero attached hydrogens (tertiary/aromatic N) is 2. The van der Waals surface area contributed by atoms with E-state index in [0.29, 0.717) is 6.04 Å². The lowest BCUT2D eigenvalue weighted by atomic mass is 10.2. The van der Waals surface area contributed by atoms with Crippen molar-refractivity contribution in [1.82, 2.24) is 10.3 Å². The fourth-order valence-electron chi connectivity index (χ4n) is 1.92. The van der Waals surface area contributed by atoms with E-state index in [1.165, 1.54) is 35.2 Å². The van der Waals surface area contributed by atoms with Crippen LogP contribution in [-0.2, 0) is 6.54 Å². The Labute approximate surface area is 112 Å². The monoisotopic (exact) mass is 271 g/mol. The van der Waals surface area contributed by atoms with E-state index in [1.54, 1.807) is 11.3 Å². The molecule has 1 saturated heterocycles. The van der Waals surface area contributed by atoms with Gasteiger partial charge in [0.15, 0.2) is 5.13 Å². The lowest BCUT2D eigenvalue weighted by Gasteiger charge is -2.22. The molecule has 0 spiro atoms. The Morgan fingerprint density at radius 1 is 1.59 bits per heavy atom. The summed E-state index contributed by atoms with van der Waals surface area (Å²) in [5.41, 5.74) is 1.18. The molecule has 96 valence electrons. The van der Waals surface area contributed by atoms with Crippen molar-refractivity contribution in [2.45, 2.75) is 32.4 Å². The van der Waals surface area contributed by atoms with Gasteiger partial charge in [0.2, 0.25) is 0 Å². The van der Waals surface area contributed by atoms with Crippen LogP contribution in [0.3, 0.4) is 0 Å². The van der Waals surface area contributed by atoms with E-state index in [0.717, 1.165) is 13.1 Å². The number of aromatic nitrogens is 1. The highest BCUT2D eigenvalue weighted by molar-refractivity contribution is 7.99. The molecule has 1 fully saturated rings. The van der Waals surface area contributed by atoms with Crippen molar-refractivity contribution in [3.8, 4) is 0 Å². The summed E-state index contributed by atoms with van der Waals surface area (Å²) in [5.74, 6) is 2.55. The SMILES string of the molecule is CCCNCc1csc(N(C)C2CCSC2)n1. The average molecular weight is 271 g/mol. The second-order valence-electron chi connectivity index (χ2n) is 4.43. The normalized spacial score (nSPS) is 19.8. The van der Waals surface area contributed by atoms with Crippen LogP contribution in [0.25, 0.3) is 0 Å². The summed E-state index contributed by atoms with van der Waals surface area (Å²) in [5, 5.41) is 6.74. The number of thiazole rings is 1. The van der Waals surface area contributed by atoms with Crippen molar-refractivity contribution in [2.24, 2.45) is 0 Å². The van der Waals surface area contributed by atoms with E-state index in [-0.39, 0.29) is 0 Å². The molecule has 1 aliphatic rings. The number of thioether (sulfide) groups is 1. The van der Waals surface area contributed by atoms with Gasteiger partial charge >= 0.3 is 0 Å². The molecule has 0 aromatic carbocycles. The van der Waals surface area contributed by atoms with Crippen LogP contribution in [0, 0.1) is 0 Å². The molecule has 0 aliphatic carbocycles. The van der Waals surface area contributed by atoms with Gasteiger partial charge in [0.05, 0.1) is 5.69 Å². The molecule has 2 rings (SSSR count). The van der Waals surface area contributed by atoms with Crippen LogP contribution in [0.4, 0.5) is 5.13 Å².